The molecular weight excluding hydrogens is 535 g/mol. The number of rotatable bonds is 13. The van der Waals surface area contributed by atoms with Crippen molar-refractivity contribution in [1.29, 1.82) is 0 Å². The number of anilines is 1. The Hall–Kier alpha value is -3.57. The van der Waals surface area contributed by atoms with Gasteiger partial charge in [0.25, 0.3) is 0 Å². The third-order valence-corrected chi connectivity index (χ3v) is 7.59. The Morgan fingerprint density at radius 2 is 1.90 bits per heavy atom. The van der Waals surface area contributed by atoms with Gasteiger partial charge in [0.15, 0.2) is 5.82 Å². The average molecular weight is 571 g/mol. The van der Waals surface area contributed by atoms with Gasteiger partial charge in [0.05, 0.1) is 36.0 Å². The molecular formula is C27H35N6O6P. The maximum Gasteiger partial charge on any atom is 0.459 e. The second kappa shape index (κ2) is 12.7. The van der Waals surface area contributed by atoms with Crippen LogP contribution < -0.4 is 15.3 Å². The molecule has 0 fully saturated rings. The van der Waals surface area contributed by atoms with Gasteiger partial charge in [0.2, 0.25) is 0 Å². The summed E-state index contributed by atoms with van der Waals surface area (Å²) in [6, 6.07) is 9.88. The van der Waals surface area contributed by atoms with Crippen LogP contribution in [0.3, 0.4) is 0 Å². The van der Waals surface area contributed by atoms with Crippen molar-refractivity contribution in [3.8, 4) is 5.75 Å². The third kappa shape index (κ3) is 6.95. The Labute approximate surface area is 232 Å². The minimum Gasteiger partial charge on any atom is -0.462 e. The SMILES string of the molecule is CCOCc1nc2c(N)nc3ccccc3c2n1C[C@H](C)O[P@@](=O)(N[C@@H](C)C(=O)OC(C)C)Oc1cccnc1. The first-order valence-electron chi connectivity index (χ1n) is 13.1. The van der Waals surface area contributed by atoms with E-state index in [1.54, 1.807) is 39.1 Å². The molecule has 0 unspecified atom stereocenters. The zero-order valence-corrected chi connectivity index (χ0v) is 24.1. The Morgan fingerprint density at radius 3 is 2.60 bits per heavy atom. The van der Waals surface area contributed by atoms with E-state index in [1.165, 1.54) is 13.1 Å². The number of ether oxygens (including phenoxy) is 2. The molecule has 40 heavy (non-hydrogen) atoms. The van der Waals surface area contributed by atoms with Crippen molar-refractivity contribution < 1.29 is 27.9 Å². The minimum absolute atomic E-state index is 0.213. The number of para-hydroxylation sites is 1. The highest BCUT2D eigenvalue weighted by Crippen LogP contribution is 2.46. The molecule has 3 N–H and O–H groups in total. The molecule has 0 saturated carbocycles. The molecule has 13 heteroatoms. The molecule has 0 saturated heterocycles. The van der Waals surface area contributed by atoms with Crippen LogP contribution in [0, 0.1) is 0 Å². The van der Waals surface area contributed by atoms with E-state index < -0.39 is 25.9 Å². The van der Waals surface area contributed by atoms with Crippen molar-refractivity contribution >= 4 is 41.5 Å². The highest BCUT2D eigenvalue weighted by atomic mass is 31.2. The summed E-state index contributed by atoms with van der Waals surface area (Å²) < 4.78 is 38.7. The number of esters is 1. The van der Waals surface area contributed by atoms with Crippen LogP contribution in [0.15, 0.2) is 48.8 Å². The minimum atomic E-state index is -4.12. The fourth-order valence-electron chi connectivity index (χ4n) is 4.17. The van der Waals surface area contributed by atoms with E-state index in [2.05, 4.69) is 15.1 Å². The largest absolute Gasteiger partial charge is 0.462 e. The monoisotopic (exact) mass is 570 g/mol. The molecule has 0 aliphatic rings. The summed E-state index contributed by atoms with van der Waals surface area (Å²) in [6.45, 7) is 9.58. The van der Waals surface area contributed by atoms with Crippen molar-refractivity contribution in [3.05, 3.63) is 54.6 Å². The molecule has 3 aromatic heterocycles. The second-order valence-electron chi connectivity index (χ2n) is 9.52. The Balaban J connectivity index is 1.68. The molecule has 0 amide bonds. The van der Waals surface area contributed by atoms with Crippen molar-refractivity contribution in [2.45, 2.75) is 66.0 Å². The van der Waals surface area contributed by atoms with Gasteiger partial charge in [0, 0.05) is 18.2 Å². The van der Waals surface area contributed by atoms with Crippen LogP contribution in [-0.4, -0.2) is 50.3 Å². The molecule has 0 aliphatic carbocycles. The summed E-state index contributed by atoms with van der Waals surface area (Å²) in [4.78, 5) is 25.7. The number of nitrogens with two attached hydrogens (primary N) is 1. The molecule has 4 aromatic rings. The van der Waals surface area contributed by atoms with Gasteiger partial charge in [-0.05, 0) is 52.8 Å². The van der Waals surface area contributed by atoms with Crippen molar-refractivity contribution in [2.24, 2.45) is 0 Å². The third-order valence-electron chi connectivity index (χ3n) is 5.80. The number of hydrogen-bond donors (Lipinski definition) is 2. The lowest BCUT2D eigenvalue weighted by Gasteiger charge is -2.26. The summed E-state index contributed by atoms with van der Waals surface area (Å²) in [5.41, 5.74) is 8.31. The molecule has 3 heterocycles. The predicted molar refractivity (Wildman–Crippen MR) is 152 cm³/mol. The van der Waals surface area contributed by atoms with Crippen molar-refractivity contribution in [1.82, 2.24) is 24.6 Å². The fraction of sp³-hybridized carbons (Fsp3) is 0.407. The lowest BCUT2D eigenvalue weighted by Crippen LogP contribution is -2.37. The molecule has 0 spiro atoms. The number of nitrogens with zero attached hydrogens (tertiary/aromatic N) is 4. The van der Waals surface area contributed by atoms with E-state index in [1.807, 2.05) is 35.8 Å². The predicted octanol–water partition coefficient (Wildman–Crippen LogP) is 4.62. The van der Waals surface area contributed by atoms with E-state index in [9.17, 15) is 9.36 Å². The first kappa shape index (κ1) is 29.4. The van der Waals surface area contributed by atoms with Crippen molar-refractivity contribution in [2.75, 3.05) is 12.3 Å². The quantitative estimate of drug-likeness (QED) is 0.171. The lowest BCUT2D eigenvalue weighted by atomic mass is 10.2. The van der Waals surface area contributed by atoms with Gasteiger partial charge in [-0.2, -0.15) is 5.09 Å². The number of pyridine rings is 2. The molecule has 3 atom stereocenters. The van der Waals surface area contributed by atoms with Crippen LogP contribution in [0.2, 0.25) is 0 Å². The van der Waals surface area contributed by atoms with E-state index in [-0.39, 0.29) is 25.0 Å². The number of benzene rings is 1. The highest BCUT2D eigenvalue weighted by molar-refractivity contribution is 7.52. The van der Waals surface area contributed by atoms with Crippen LogP contribution in [0.1, 0.15) is 40.4 Å². The van der Waals surface area contributed by atoms with Crippen LogP contribution >= 0.6 is 7.75 Å². The smallest absolute Gasteiger partial charge is 0.459 e. The number of imidazole rings is 1. The Bertz CT molecular complexity index is 1510. The van der Waals surface area contributed by atoms with Gasteiger partial charge in [-0.3, -0.25) is 14.3 Å². The van der Waals surface area contributed by atoms with Crippen LogP contribution in [0.5, 0.6) is 5.75 Å². The Kier molecular flexibility index (Phi) is 9.36. The summed E-state index contributed by atoms with van der Waals surface area (Å²) in [5, 5.41) is 3.57. The fourth-order valence-corrected chi connectivity index (χ4v) is 5.84. The van der Waals surface area contributed by atoms with Crippen LogP contribution in [-0.2, 0) is 36.5 Å². The number of carbonyl (C=O) groups is 1. The number of aromatic nitrogens is 4. The number of nitrogen functional groups attached to an aromatic ring is 1. The van der Waals surface area contributed by atoms with Gasteiger partial charge in [-0.1, -0.05) is 18.2 Å². The zero-order valence-electron chi connectivity index (χ0n) is 23.2. The summed E-state index contributed by atoms with van der Waals surface area (Å²) in [5.74, 6) is 0.533. The maximum atomic E-state index is 14.0. The normalized spacial score (nSPS) is 14.8. The van der Waals surface area contributed by atoms with Gasteiger partial charge in [0.1, 0.15) is 29.7 Å². The number of hydrogen-bond acceptors (Lipinski definition) is 10. The highest BCUT2D eigenvalue weighted by Gasteiger charge is 2.35. The average Bonchev–Trinajstić information content (AvgIpc) is 3.26. The molecule has 0 radical (unpaired) electrons. The van der Waals surface area contributed by atoms with E-state index in [0.717, 1.165) is 16.4 Å². The standard InChI is InChI=1S/C27H35N6O6P/c1-6-36-16-23-31-24-25(21-11-7-8-12-22(21)30-26(24)28)33(23)15-18(4)38-40(35,39-20-10-9-13-29-14-20)32-19(5)27(34)37-17(2)3/h7-14,17-19H,6,15-16H2,1-5H3,(H2,28,30)(H,32,35)/t18-,19-,40-/m0/s1. The molecule has 1 aromatic carbocycles. The maximum absolute atomic E-state index is 14.0. The number of carbonyl (C=O) groups excluding carboxylic acids is 1. The van der Waals surface area contributed by atoms with Gasteiger partial charge < -0.3 is 24.3 Å². The van der Waals surface area contributed by atoms with Gasteiger partial charge in [-0.15, -0.1) is 0 Å². The molecule has 214 valence electrons. The second-order valence-corrected chi connectivity index (χ2v) is 11.2. The molecule has 0 bridgehead atoms. The van der Waals surface area contributed by atoms with Crippen LogP contribution in [0.4, 0.5) is 5.82 Å². The Morgan fingerprint density at radius 1 is 1.12 bits per heavy atom. The summed E-state index contributed by atoms with van der Waals surface area (Å²) in [7, 11) is -4.12. The first-order valence-corrected chi connectivity index (χ1v) is 14.6. The van der Waals surface area contributed by atoms with Gasteiger partial charge >= 0.3 is 13.7 Å². The summed E-state index contributed by atoms with van der Waals surface area (Å²) in [6.07, 6.45) is 1.94. The van der Waals surface area contributed by atoms with E-state index in [4.69, 9.17) is 29.2 Å². The lowest BCUT2D eigenvalue weighted by molar-refractivity contribution is -0.149. The van der Waals surface area contributed by atoms with Crippen molar-refractivity contribution in [3.63, 3.8) is 0 Å². The van der Waals surface area contributed by atoms with E-state index >= 15 is 0 Å². The van der Waals surface area contributed by atoms with Gasteiger partial charge in [-0.25, -0.2) is 14.5 Å². The molecule has 0 aliphatic heterocycles. The topological polar surface area (TPSA) is 153 Å². The molecule has 4 rings (SSSR count). The van der Waals surface area contributed by atoms with Crippen LogP contribution in [0.25, 0.3) is 21.9 Å². The van der Waals surface area contributed by atoms with E-state index in [0.29, 0.717) is 23.8 Å². The number of nitrogens with one attached hydrogen (secondary N) is 1. The number of fused-ring (bicyclic) bond motifs is 3. The molecule has 12 nitrogen and oxygen atoms in total. The summed E-state index contributed by atoms with van der Waals surface area (Å²) >= 11 is 0. The zero-order chi connectivity index (χ0) is 28.9. The first-order chi connectivity index (χ1) is 19.1.